The molecule has 1 atom stereocenters. The van der Waals surface area contributed by atoms with Crippen molar-refractivity contribution < 1.29 is 10.2 Å². The molecule has 0 amide bonds. The second-order valence-corrected chi connectivity index (χ2v) is 5.88. The molecule has 1 aromatic rings. The van der Waals surface area contributed by atoms with Crippen molar-refractivity contribution >= 4 is 0 Å². The summed E-state index contributed by atoms with van der Waals surface area (Å²) in [5.41, 5.74) is -1.29. The van der Waals surface area contributed by atoms with Gasteiger partial charge in [-0.05, 0) is 24.3 Å². The van der Waals surface area contributed by atoms with Gasteiger partial charge in [0, 0.05) is 0 Å². The first-order chi connectivity index (χ1) is 8.51. The zero-order chi connectivity index (χ0) is 13.2. The van der Waals surface area contributed by atoms with Crippen LogP contribution in [0.4, 0.5) is 0 Å². The van der Waals surface area contributed by atoms with Crippen molar-refractivity contribution in [3.05, 3.63) is 35.9 Å². The van der Waals surface area contributed by atoms with E-state index in [1.165, 1.54) is 0 Å². The predicted molar refractivity (Wildman–Crippen MR) is 73.2 cm³/mol. The van der Waals surface area contributed by atoms with Crippen LogP contribution in [0, 0.1) is 5.92 Å². The molecule has 2 heteroatoms. The molecule has 0 aromatic heterocycles. The van der Waals surface area contributed by atoms with E-state index in [0.717, 1.165) is 24.8 Å². The lowest BCUT2D eigenvalue weighted by Crippen LogP contribution is -2.56. The number of rotatable bonds is 3. The molecule has 1 aromatic carbocycles. The normalized spacial score (nSPS) is 22.7. The van der Waals surface area contributed by atoms with Crippen LogP contribution in [0.25, 0.3) is 0 Å². The van der Waals surface area contributed by atoms with Crippen LogP contribution in [0.2, 0.25) is 0 Å². The quantitative estimate of drug-likeness (QED) is 0.862. The van der Waals surface area contributed by atoms with Crippen LogP contribution in [0.15, 0.2) is 30.3 Å². The fourth-order valence-electron chi connectivity index (χ4n) is 3.35. The highest BCUT2D eigenvalue weighted by molar-refractivity contribution is 5.27. The van der Waals surface area contributed by atoms with Gasteiger partial charge >= 0.3 is 0 Å². The third kappa shape index (κ3) is 2.08. The lowest BCUT2D eigenvalue weighted by Gasteiger charge is -2.48. The summed E-state index contributed by atoms with van der Waals surface area (Å²) in [6.07, 6.45) is 4.54. The highest BCUT2D eigenvalue weighted by atomic mass is 16.4. The van der Waals surface area contributed by atoms with Crippen molar-refractivity contribution in [2.24, 2.45) is 5.92 Å². The van der Waals surface area contributed by atoms with E-state index in [9.17, 15) is 10.2 Å². The fourth-order valence-corrected chi connectivity index (χ4v) is 3.35. The Morgan fingerprint density at radius 1 is 1.06 bits per heavy atom. The predicted octanol–water partition coefficient (Wildman–Crippen LogP) is 3.23. The Morgan fingerprint density at radius 3 is 2.11 bits per heavy atom. The van der Waals surface area contributed by atoms with Gasteiger partial charge in [0.15, 0.2) is 0 Å². The van der Waals surface area contributed by atoms with E-state index in [1.54, 1.807) is 0 Å². The molecule has 0 spiro atoms. The van der Waals surface area contributed by atoms with Gasteiger partial charge < -0.3 is 10.2 Å². The molecule has 1 saturated carbocycles. The van der Waals surface area contributed by atoms with E-state index in [2.05, 4.69) is 0 Å². The summed E-state index contributed by atoms with van der Waals surface area (Å²) in [5.74, 6) is -0.0111. The molecule has 0 bridgehead atoms. The van der Waals surface area contributed by atoms with Crippen LogP contribution in [0.3, 0.4) is 0 Å². The third-order valence-corrected chi connectivity index (χ3v) is 4.44. The highest BCUT2D eigenvalue weighted by Crippen LogP contribution is 2.47. The first kappa shape index (κ1) is 13.6. The molecule has 0 radical (unpaired) electrons. The Kier molecular flexibility index (Phi) is 3.79. The maximum absolute atomic E-state index is 11.2. The number of hydrogen-bond donors (Lipinski definition) is 2. The molecule has 0 saturated heterocycles. The van der Waals surface area contributed by atoms with Crippen molar-refractivity contribution in [1.82, 2.24) is 0 Å². The van der Waals surface area contributed by atoms with Crippen molar-refractivity contribution in [2.45, 2.75) is 57.2 Å². The molecule has 1 aliphatic carbocycles. The van der Waals surface area contributed by atoms with Gasteiger partial charge in [-0.15, -0.1) is 0 Å². The number of benzene rings is 1. The van der Waals surface area contributed by atoms with Crippen LogP contribution in [0.5, 0.6) is 0 Å². The van der Waals surface area contributed by atoms with Gasteiger partial charge in [-0.2, -0.15) is 0 Å². The van der Waals surface area contributed by atoms with E-state index in [1.807, 2.05) is 44.2 Å². The summed E-state index contributed by atoms with van der Waals surface area (Å²) >= 11 is 0. The molecule has 100 valence electrons. The zero-order valence-corrected chi connectivity index (χ0v) is 11.4. The second kappa shape index (κ2) is 5.02. The summed E-state index contributed by atoms with van der Waals surface area (Å²) in [7, 11) is 0. The Labute approximate surface area is 110 Å². The van der Waals surface area contributed by atoms with E-state index in [4.69, 9.17) is 0 Å². The smallest absolute Gasteiger partial charge is 0.120 e. The van der Waals surface area contributed by atoms with Crippen LogP contribution in [0.1, 0.15) is 51.5 Å². The SMILES string of the molecule is CC(C)C(O)(c1ccccc1)C1(O)CCCCC1. The second-order valence-electron chi connectivity index (χ2n) is 5.88. The first-order valence-electron chi connectivity index (χ1n) is 7.01. The molecule has 1 fully saturated rings. The van der Waals surface area contributed by atoms with Crippen molar-refractivity contribution in [3.63, 3.8) is 0 Å². The highest BCUT2D eigenvalue weighted by Gasteiger charge is 2.52. The maximum Gasteiger partial charge on any atom is 0.120 e. The molecule has 2 nitrogen and oxygen atoms in total. The number of hydrogen-bond acceptors (Lipinski definition) is 2. The zero-order valence-electron chi connectivity index (χ0n) is 11.4. The topological polar surface area (TPSA) is 40.5 Å². The van der Waals surface area contributed by atoms with Crippen LogP contribution in [-0.2, 0) is 5.60 Å². The van der Waals surface area contributed by atoms with Gasteiger partial charge in [0.25, 0.3) is 0 Å². The molecule has 1 aliphatic rings. The van der Waals surface area contributed by atoms with Gasteiger partial charge in [-0.3, -0.25) is 0 Å². The summed E-state index contributed by atoms with van der Waals surface area (Å²) in [6, 6.07) is 9.64. The average molecular weight is 248 g/mol. The van der Waals surface area contributed by atoms with Crippen molar-refractivity contribution in [1.29, 1.82) is 0 Å². The Balaban J connectivity index is 2.44. The Hall–Kier alpha value is -0.860. The molecule has 18 heavy (non-hydrogen) atoms. The van der Waals surface area contributed by atoms with Crippen molar-refractivity contribution in [2.75, 3.05) is 0 Å². The summed E-state index contributed by atoms with van der Waals surface area (Å²) in [4.78, 5) is 0. The summed E-state index contributed by atoms with van der Waals surface area (Å²) < 4.78 is 0. The van der Waals surface area contributed by atoms with Gasteiger partial charge in [-0.25, -0.2) is 0 Å². The summed E-state index contributed by atoms with van der Waals surface area (Å²) in [5, 5.41) is 22.2. The van der Waals surface area contributed by atoms with Crippen LogP contribution >= 0.6 is 0 Å². The van der Waals surface area contributed by atoms with Gasteiger partial charge in [0.2, 0.25) is 0 Å². The largest absolute Gasteiger partial charge is 0.387 e. The molecular weight excluding hydrogens is 224 g/mol. The molecule has 2 rings (SSSR count). The summed E-state index contributed by atoms with van der Waals surface area (Å²) in [6.45, 7) is 3.97. The van der Waals surface area contributed by atoms with Gasteiger partial charge in [0.05, 0.1) is 5.60 Å². The maximum atomic E-state index is 11.2. The standard InChI is InChI=1S/C16H24O2/c1-13(2)16(18,14-9-5-3-6-10-14)15(17)11-7-4-8-12-15/h3,5-6,9-10,13,17-18H,4,7-8,11-12H2,1-2H3. The molecule has 1 unspecified atom stereocenters. The Morgan fingerprint density at radius 2 is 1.61 bits per heavy atom. The van der Waals surface area contributed by atoms with Crippen LogP contribution in [-0.4, -0.2) is 15.8 Å². The lowest BCUT2D eigenvalue weighted by molar-refractivity contribution is -0.197. The van der Waals surface area contributed by atoms with Gasteiger partial charge in [-0.1, -0.05) is 63.4 Å². The van der Waals surface area contributed by atoms with Crippen molar-refractivity contribution in [3.8, 4) is 0 Å². The fraction of sp³-hybridized carbons (Fsp3) is 0.625. The number of aliphatic hydroxyl groups is 2. The minimum atomic E-state index is -1.14. The minimum absolute atomic E-state index is 0.0111. The molecule has 0 heterocycles. The average Bonchev–Trinajstić information content (AvgIpc) is 2.39. The minimum Gasteiger partial charge on any atom is -0.387 e. The molecule has 2 N–H and O–H groups in total. The molecule has 0 aliphatic heterocycles. The van der Waals surface area contributed by atoms with E-state index in [0.29, 0.717) is 12.8 Å². The lowest BCUT2D eigenvalue weighted by atomic mass is 9.65. The monoisotopic (exact) mass is 248 g/mol. The first-order valence-corrected chi connectivity index (χ1v) is 7.01. The van der Waals surface area contributed by atoms with Gasteiger partial charge in [0.1, 0.15) is 5.60 Å². The molecular formula is C16H24O2. The van der Waals surface area contributed by atoms with Crippen LogP contribution < -0.4 is 0 Å². The van der Waals surface area contributed by atoms with E-state index < -0.39 is 11.2 Å². The Bertz CT molecular complexity index is 379. The van der Waals surface area contributed by atoms with E-state index in [-0.39, 0.29) is 5.92 Å². The third-order valence-electron chi connectivity index (χ3n) is 4.44. The van der Waals surface area contributed by atoms with E-state index >= 15 is 0 Å².